The normalized spacial score (nSPS) is 20.2. The molecule has 1 unspecified atom stereocenters. The van der Waals surface area contributed by atoms with Gasteiger partial charge in [0, 0.05) is 24.8 Å². The van der Waals surface area contributed by atoms with Gasteiger partial charge in [-0.2, -0.15) is 0 Å². The van der Waals surface area contributed by atoms with Crippen LogP contribution >= 0.6 is 0 Å². The van der Waals surface area contributed by atoms with E-state index in [0.717, 1.165) is 12.1 Å². The zero-order valence-corrected chi connectivity index (χ0v) is 9.12. The van der Waals surface area contributed by atoms with Gasteiger partial charge < -0.3 is 5.11 Å². The summed E-state index contributed by atoms with van der Waals surface area (Å²) in [6.45, 7) is 0. The number of Topliss-reactive ketones (excluding diaryl/α,β-unsaturated/α-hetero) is 1. The number of ketones is 1. The Morgan fingerprint density at radius 2 is 2.06 bits per heavy atom. The van der Waals surface area contributed by atoms with Crippen LogP contribution in [0.4, 0.5) is 8.78 Å². The fourth-order valence-electron chi connectivity index (χ4n) is 1.94. The average molecular weight is 238 g/mol. The van der Waals surface area contributed by atoms with E-state index in [4.69, 9.17) is 0 Å². The molecule has 0 saturated carbocycles. The summed E-state index contributed by atoms with van der Waals surface area (Å²) < 4.78 is 26.1. The maximum Gasteiger partial charge on any atom is 0.140 e. The average Bonchev–Trinajstić information content (AvgIpc) is 2.27. The van der Waals surface area contributed by atoms with Gasteiger partial charge in [0.05, 0.1) is 5.76 Å². The summed E-state index contributed by atoms with van der Waals surface area (Å²) in [5, 5.41) is 9.34. The van der Waals surface area contributed by atoms with Crippen LogP contribution in [0.1, 0.15) is 18.4 Å². The first kappa shape index (κ1) is 11.8. The minimum Gasteiger partial charge on any atom is -0.513 e. The predicted octanol–water partition coefficient (Wildman–Crippen LogP) is 2.93. The van der Waals surface area contributed by atoms with Crippen LogP contribution < -0.4 is 0 Å². The lowest BCUT2D eigenvalue weighted by atomic mass is 9.88. The van der Waals surface area contributed by atoms with Crippen LogP contribution in [0.25, 0.3) is 0 Å². The van der Waals surface area contributed by atoms with Gasteiger partial charge in [0.2, 0.25) is 0 Å². The van der Waals surface area contributed by atoms with Crippen molar-refractivity contribution in [1.29, 1.82) is 0 Å². The van der Waals surface area contributed by atoms with Crippen LogP contribution in [0.2, 0.25) is 0 Å². The molecule has 0 amide bonds. The van der Waals surface area contributed by atoms with E-state index in [1.807, 2.05) is 0 Å². The third-order valence-electron chi connectivity index (χ3n) is 2.89. The zero-order chi connectivity index (χ0) is 12.4. The van der Waals surface area contributed by atoms with Gasteiger partial charge >= 0.3 is 0 Å². The number of halogens is 2. The van der Waals surface area contributed by atoms with Gasteiger partial charge in [0.15, 0.2) is 0 Å². The van der Waals surface area contributed by atoms with Crippen molar-refractivity contribution in [3.8, 4) is 0 Å². The Labute approximate surface area is 97.6 Å². The number of aliphatic hydroxyl groups is 1. The second-order valence-electron chi connectivity index (χ2n) is 4.17. The lowest BCUT2D eigenvalue weighted by Gasteiger charge is -2.17. The predicted molar refractivity (Wildman–Crippen MR) is 58.5 cm³/mol. The Kier molecular flexibility index (Phi) is 3.22. The van der Waals surface area contributed by atoms with Crippen molar-refractivity contribution in [2.75, 3.05) is 0 Å². The molecule has 90 valence electrons. The fraction of sp³-hybridized carbons (Fsp3) is 0.308. The molecule has 2 rings (SSSR count). The summed E-state index contributed by atoms with van der Waals surface area (Å²) in [7, 11) is 0. The molecule has 1 aromatic rings. The number of hydrogen-bond donors (Lipinski definition) is 1. The van der Waals surface area contributed by atoms with Crippen LogP contribution in [0.15, 0.2) is 30.0 Å². The van der Waals surface area contributed by atoms with E-state index in [2.05, 4.69) is 0 Å². The molecule has 4 heteroatoms. The standard InChI is InChI=1S/C13H12F2O2/c14-10-2-1-8(12(15)7-10)5-9-6-11(16)3-4-13(9)17/h1-2,6-7,9,16H,3-5H2. The van der Waals surface area contributed by atoms with E-state index < -0.39 is 17.6 Å². The third-order valence-corrected chi connectivity index (χ3v) is 2.89. The minimum atomic E-state index is -0.656. The molecule has 0 bridgehead atoms. The smallest absolute Gasteiger partial charge is 0.140 e. The van der Waals surface area contributed by atoms with Crippen molar-refractivity contribution in [3.05, 3.63) is 47.2 Å². The van der Waals surface area contributed by atoms with Gasteiger partial charge in [-0.3, -0.25) is 4.79 Å². The molecule has 1 N–H and O–H groups in total. The summed E-state index contributed by atoms with van der Waals surface area (Å²) in [4.78, 5) is 11.6. The van der Waals surface area contributed by atoms with Crippen LogP contribution in [0.5, 0.6) is 0 Å². The first-order valence-electron chi connectivity index (χ1n) is 5.42. The molecule has 0 aromatic heterocycles. The Morgan fingerprint density at radius 1 is 1.29 bits per heavy atom. The molecule has 0 saturated heterocycles. The van der Waals surface area contributed by atoms with Crippen LogP contribution in [-0.4, -0.2) is 10.9 Å². The first-order valence-corrected chi connectivity index (χ1v) is 5.42. The van der Waals surface area contributed by atoms with Gasteiger partial charge in [0.1, 0.15) is 17.4 Å². The maximum absolute atomic E-state index is 13.4. The van der Waals surface area contributed by atoms with Crippen molar-refractivity contribution < 1.29 is 18.7 Å². The van der Waals surface area contributed by atoms with Gasteiger partial charge in [-0.05, 0) is 24.1 Å². The van der Waals surface area contributed by atoms with Crippen LogP contribution in [0, 0.1) is 17.6 Å². The van der Waals surface area contributed by atoms with E-state index in [9.17, 15) is 18.7 Å². The first-order chi connectivity index (χ1) is 8.06. The number of aliphatic hydroxyl groups excluding tert-OH is 1. The van der Waals surface area contributed by atoms with E-state index >= 15 is 0 Å². The SMILES string of the molecule is O=C1CCC(O)=CC1Cc1ccc(F)cc1F. The second-order valence-corrected chi connectivity index (χ2v) is 4.17. The lowest BCUT2D eigenvalue weighted by Crippen LogP contribution is -2.20. The Morgan fingerprint density at radius 3 is 2.76 bits per heavy atom. The molecule has 0 fully saturated rings. The molecule has 0 spiro atoms. The molecule has 2 nitrogen and oxygen atoms in total. The van der Waals surface area contributed by atoms with E-state index in [0.29, 0.717) is 6.42 Å². The number of carbonyl (C=O) groups excluding carboxylic acids is 1. The highest BCUT2D eigenvalue weighted by Crippen LogP contribution is 2.23. The monoisotopic (exact) mass is 238 g/mol. The van der Waals surface area contributed by atoms with Gasteiger partial charge in [-0.15, -0.1) is 0 Å². The quantitative estimate of drug-likeness (QED) is 0.860. The van der Waals surface area contributed by atoms with E-state index in [1.165, 1.54) is 12.1 Å². The summed E-state index contributed by atoms with van der Waals surface area (Å²) >= 11 is 0. The highest BCUT2D eigenvalue weighted by Gasteiger charge is 2.23. The molecule has 1 aromatic carbocycles. The van der Waals surface area contributed by atoms with Crippen molar-refractivity contribution >= 4 is 5.78 Å². The van der Waals surface area contributed by atoms with Crippen LogP contribution in [-0.2, 0) is 11.2 Å². The van der Waals surface area contributed by atoms with E-state index in [-0.39, 0.29) is 29.9 Å². The van der Waals surface area contributed by atoms with Gasteiger partial charge in [-0.1, -0.05) is 6.07 Å². The Bertz CT molecular complexity index is 480. The Balaban J connectivity index is 2.20. The fourth-order valence-corrected chi connectivity index (χ4v) is 1.94. The molecule has 1 atom stereocenters. The molecule has 0 heterocycles. The molecule has 1 aliphatic rings. The van der Waals surface area contributed by atoms with Gasteiger partial charge in [-0.25, -0.2) is 8.78 Å². The summed E-state index contributed by atoms with van der Waals surface area (Å²) in [6.07, 6.45) is 2.24. The van der Waals surface area contributed by atoms with Crippen LogP contribution in [0.3, 0.4) is 0 Å². The molecular weight excluding hydrogens is 226 g/mol. The summed E-state index contributed by atoms with van der Waals surface area (Å²) in [5.74, 6) is -1.66. The second kappa shape index (κ2) is 4.65. The number of carbonyl (C=O) groups is 1. The topological polar surface area (TPSA) is 37.3 Å². The maximum atomic E-state index is 13.4. The summed E-state index contributed by atoms with van der Waals surface area (Å²) in [5.41, 5.74) is 0.288. The van der Waals surface area contributed by atoms with Crippen molar-refractivity contribution in [3.63, 3.8) is 0 Å². The highest BCUT2D eigenvalue weighted by atomic mass is 19.1. The van der Waals surface area contributed by atoms with E-state index in [1.54, 1.807) is 0 Å². The Hall–Kier alpha value is -1.71. The van der Waals surface area contributed by atoms with Crippen molar-refractivity contribution in [2.45, 2.75) is 19.3 Å². The molecule has 17 heavy (non-hydrogen) atoms. The molecular formula is C13H12F2O2. The molecule has 0 radical (unpaired) electrons. The van der Waals surface area contributed by atoms with Crippen molar-refractivity contribution in [1.82, 2.24) is 0 Å². The molecule has 0 aliphatic heterocycles. The molecule has 1 aliphatic carbocycles. The highest BCUT2D eigenvalue weighted by molar-refractivity contribution is 5.84. The lowest BCUT2D eigenvalue weighted by molar-refractivity contribution is -0.122. The number of rotatable bonds is 2. The number of benzene rings is 1. The minimum absolute atomic E-state index is 0.0217. The summed E-state index contributed by atoms with van der Waals surface area (Å²) in [6, 6.07) is 3.29. The van der Waals surface area contributed by atoms with Crippen molar-refractivity contribution in [2.24, 2.45) is 5.92 Å². The third kappa shape index (κ3) is 2.70. The number of allylic oxidation sites excluding steroid dienone is 2. The zero-order valence-electron chi connectivity index (χ0n) is 9.12. The van der Waals surface area contributed by atoms with Gasteiger partial charge in [0.25, 0.3) is 0 Å². The number of hydrogen-bond acceptors (Lipinski definition) is 2. The largest absolute Gasteiger partial charge is 0.513 e.